The molecule has 2 heterocycles. The van der Waals surface area contributed by atoms with Crippen LogP contribution < -0.4 is 5.56 Å². The summed E-state index contributed by atoms with van der Waals surface area (Å²) in [5, 5.41) is 3.47. The maximum absolute atomic E-state index is 12.5. The second-order valence-corrected chi connectivity index (χ2v) is 6.89. The van der Waals surface area contributed by atoms with Gasteiger partial charge in [0.15, 0.2) is 0 Å². The van der Waals surface area contributed by atoms with E-state index in [9.17, 15) is 4.79 Å². The zero-order chi connectivity index (χ0) is 15.1. The molecule has 0 aliphatic heterocycles. The minimum Gasteiger partial charge on any atom is -0.267 e. The van der Waals surface area contributed by atoms with Crippen LogP contribution in [0.3, 0.4) is 0 Å². The second-order valence-electron chi connectivity index (χ2n) is 5.07. The fraction of sp³-hybridized carbons (Fsp3) is 0.0588. The Morgan fingerprint density at radius 2 is 1.82 bits per heavy atom. The molecule has 0 aliphatic rings. The van der Waals surface area contributed by atoms with Crippen molar-refractivity contribution < 1.29 is 0 Å². The Balaban J connectivity index is 1.81. The molecule has 0 fully saturated rings. The minimum atomic E-state index is 0.00501. The highest BCUT2D eigenvalue weighted by Gasteiger charge is 2.12. The Morgan fingerprint density at radius 1 is 1.05 bits per heavy atom. The van der Waals surface area contributed by atoms with E-state index in [4.69, 9.17) is 0 Å². The summed E-state index contributed by atoms with van der Waals surface area (Å²) < 4.78 is 2.66. The lowest BCUT2D eigenvalue weighted by Gasteiger charge is -1.97. The van der Waals surface area contributed by atoms with Crippen molar-refractivity contribution in [3.05, 3.63) is 69.8 Å². The molecule has 4 rings (SSSR count). The average molecular weight is 324 g/mol. The molecule has 4 aromatic rings. The van der Waals surface area contributed by atoms with Crippen LogP contribution in [0, 0.1) is 6.92 Å². The number of aryl methyl sites for hydroxylation is 1. The number of rotatable bonds is 2. The molecule has 0 bridgehead atoms. The lowest BCUT2D eigenvalue weighted by molar-refractivity contribution is 1.11. The van der Waals surface area contributed by atoms with Gasteiger partial charge in [0, 0.05) is 10.9 Å². The molecule has 0 spiro atoms. The zero-order valence-electron chi connectivity index (χ0n) is 11.8. The first-order valence-electron chi connectivity index (χ1n) is 6.86. The predicted molar refractivity (Wildman–Crippen MR) is 93.3 cm³/mol. The Hall–Kier alpha value is -2.24. The summed E-state index contributed by atoms with van der Waals surface area (Å²) in [6.07, 6.45) is 0. The first-order chi connectivity index (χ1) is 10.7. The topological polar surface area (TPSA) is 34.9 Å². The molecule has 0 radical (unpaired) electrons. The molecule has 0 saturated heterocycles. The van der Waals surface area contributed by atoms with E-state index in [1.54, 1.807) is 3.96 Å². The molecule has 0 saturated carbocycles. The van der Waals surface area contributed by atoms with Gasteiger partial charge in [0.05, 0.1) is 15.8 Å². The van der Waals surface area contributed by atoms with Crippen LogP contribution in [0.15, 0.2) is 58.7 Å². The van der Waals surface area contributed by atoms with Gasteiger partial charge in [-0.25, -0.2) is 8.94 Å². The van der Waals surface area contributed by atoms with Crippen molar-refractivity contribution in [3.8, 4) is 16.4 Å². The quantitative estimate of drug-likeness (QED) is 0.545. The van der Waals surface area contributed by atoms with Crippen molar-refractivity contribution in [2.45, 2.75) is 6.92 Å². The van der Waals surface area contributed by atoms with Gasteiger partial charge in [-0.05, 0) is 30.6 Å². The second kappa shape index (κ2) is 5.19. The van der Waals surface area contributed by atoms with E-state index in [1.807, 2.05) is 29.6 Å². The van der Waals surface area contributed by atoms with Crippen LogP contribution >= 0.6 is 22.9 Å². The molecule has 0 aliphatic carbocycles. The van der Waals surface area contributed by atoms with Gasteiger partial charge in [-0.15, -0.1) is 11.3 Å². The lowest BCUT2D eigenvalue weighted by atomic mass is 10.1. The van der Waals surface area contributed by atoms with Crippen molar-refractivity contribution in [1.82, 2.24) is 8.94 Å². The molecule has 0 amide bonds. The largest absolute Gasteiger partial charge is 0.275 e. The van der Waals surface area contributed by atoms with Crippen molar-refractivity contribution in [2.24, 2.45) is 0 Å². The van der Waals surface area contributed by atoms with E-state index in [0.29, 0.717) is 0 Å². The smallest absolute Gasteiger partial charge is 0.267 e. The fourth-order valence-corrected chi connectivity index (χ4v) is 4.18. The standard InChI is InChI=1S/C17H12N2OS2/c1-11-6-8-12(9-7-11)14-10-21-17(18-14)19-16(20)13-4-2-3-5-15(13)22-19/h2-10H,1H3. The maximum atomic E-state index is 12.5. The molecular formula is C17H12N2OS2. The number of hydrogen-bond donors (Lipinski definition) is 0. The third kappa shape index (κ3) is 2.19. The van der Waals surface area contributed by atoms with Crippen molar-refractivity contribution in [2.75, 3.05) is 0 Å². The van der Waals surface area contributed by atoms with Crippen LogP contribution in [0.1, 0.15) is 5.56 Å². The van der Waals surface area contributed by atoms with Gasteiger partial charge in [0.1, 0.15) is 0 Å². The summed E-state index contributed by atoms with van der Waals surface area (Å²) >= 11 is 2.93. The summed E-state index contributed by atoms with van der Waals surface area (Å²) in [4.78, 5) is 17.1. The minimum absolute atomic E-state index is 0.00501. The van der Waals surface area contributed by atoms with Gasteiger partial charge in [-0.1, -0.05) is 42.0 Å². The molecule has 22 heavy (non-hydrogen) atoms. The number of nitrogens with zero attached hydrogens (tertiary/aromatic N) is 2. The van der Waals surface area contributed by atoms with Crippen LogP contribution in [0.4, 0.5) is 0 Å². The normalized spacial score (nSPS) is 11.1. The lowest BCUT2D eigenvalue weighted by Crippen LogP contribution is -2.10. The number of hydrogen-bond acceptors (Lipinski definition) is 4. The van der Waals surface area contributed by atoms with Gasteiger partial charge in [0.2, 0.25) is 5.13 Å². The first-order valence-corrected chi connectivity index (χ1v) is 8.52. The van der Waals surface area contributed by atoms with Crippen LogP contribution in [0.2, 0.25) is 0 Å². The van der Waals surface area contributed by atoms with Gasteiger partial charge >= 0.3 is 0 Å². The summed E-state index contributed by atoms with van der Waals surface area (Å²) in [6.45, 7) is 2.06. The predicted octanol–water partition coefficient (Wildman–Crippen LogP) is 4.48. The van der Waals surface area contributed by atoms with Gasteiger partial charge in [-0.2, -0.15) is 0 Å². The zero-order valence-corrected chi connectivity index (χ0v) is 13.4. The van der Waals surface area contributed by atoms with E-state index in [-0.39, 0.29) is 5.56 Å². The molecule has 3 nitrogen and oxygen atoms in total. The summed E-state index contributed by atoms with van der Waals surface area (Å²) in [5.41, 5.74) is 3.21. The molecule has 0 atom stereocenters. The molecule has 108 valence electrons. The van der Waals surface area contributed by atoms with Gasteiger partial charge in [-0.3, -0.25) is 4.79 Å². The monoisotopic (exact) mass is 324 g/mol. The summed E-state index contributed by atoms with van der Waals surface area (Å²) in [6, 6.07) is 15.9. The van der Waals surface area contributed by atoms with Gasteiger partial charge < -0.3 is 0 Å². The van der Waals surface area contributed by atoms with E-state index in [2.05, 4.69) is 36.2 Å². The third-order valence-electron chi connectivity index (χ3n) is 3.50. The van der Waals surface area contributed by atoms with Crippen LogP contribution in [0.5, 0.6) is 0 Å². The number of aromatic nitrogens is 2. The Labute approximate surface area is 135 Å². The van der Waals surface area contributed by atoms with Crippen LogP contribution in [-0.4, -0.2) is 8.94 Å². The molecule has 5 heteroatoms. The summed E-state index contributed by atoms with van der Waals surface area (Å²) in [5.74, 6) is 0. The van der Waals surface area contributed by atoms with E-state index < -0.39 is 0 Å². The van der Waals surface area contributed by atoms with Crippen LogP contribution in [-0.2, 0) is 0 Å². The van der Waals surface area contributed by atoms with Gasteiger partial charge in [0.25, 0.3) is 5.56 Å². The van der Waals surface area contributed by atoms with E-state index in [0.717, 1.165) is 26.5 Å². The molecule has 0 N–H and O–H groups in total. The Bertz CT molecular complexity index is 1010. The SMILES string of the molecule is Cc1ccc(-c2csc(-n3sc4ccccc4c3=O)n2)cc1. The van der Waals surface area contributed by atoms with Crippen LogP contribution in [0.25, 0.3) is 26.5 Å². The summed E-state index contributed by atoms with van der Waals surface area (Å²) in [7, 11) is 0. The van der Waals surface area contributed by atoms with E-state index in [1.165, 1.54) is 28.4 Å². The highest BCUT2D eigenvalue weighted by Crippen LogP contribution is 2.26. The third-order valence-corrected chi connectivity index (χ3v) is 5.52. The van der Waals surface area contributed by atoms with Crippen molar-refractivity contribution >= 4 is 33.0 Å². The fourth-order valence-electron chi connectivity index (χ4n) is 2.31. The van der Waals surface area contributed by atoms with Crippen molar-refractivity contribution in [1.29, 1.82) is 0 Å². The Morgan fingerprint density at radius 3 is 2.59 bits per heavy atom. The maximum Gasteiger partial charge on any atom is 0.275 e. The van der Waals surface area contributed by atoms with Crippen molar-refractivity contribution in [3.63, 3.8) is 0 Å². The number of fused-ring (bicyclic) bond motifs is 1. The molecular weight excluding hydrogens is 312 g/mol. The van der Waals surface area contributed by atoms with E-state index >= 15 is 0 Å². The molecule has 2 aromatic heterocycles. The average Bonchev–Trinajstić information content (AvgIpc) is 3.14. The Kier molecular flexibility index (Phi) is 3.17. The highest BCUT2D eigenvalue weighted by atomic mass is 32.1. The highest BCUT2D eigenvalue weighted by molar-refractivity contribution is 7.17. The number of thiazole rings is 1. The molecule has 0 unspecified atom stereocenters. The first kappa shape index (κ1) is 13.4. The molecule has 2 aromatic carbocycles. The number of benzene rings is 2.